The van der Waals surface area contributed by atoms with Gasteiger partial charge in [-0.25, -0.2) is 9.97 Å². The van der Waals surface area contributed by atoms with Crippen LogP contribution in [0.3, 0.4) is 0 Å². The first-order valence-corrected chi connectivity index (χ1v) is 6.67. The maximum Gasteiger partial charge on any atom is 0.191 e. The predicted molar refractivity (Wildman–Crippen MR) is 71.4 cm³/mol. The largest absolute Gasteiger partial charge is 0.383 e. The molecule has 2 heterocycles. The van der Waals surface area contributed by atoms with E-state index < -0.39 is 0 Å². The molecule has 3 N–H and O–H groups in total. The number of rotatable bonds is 5. The summed E-state index contributed by atoms with van der Waals surface area (Å²) in [6.45, 7) is 0.719. The molecule has 0 aliphatic carbocycles. The number of nitrogen functional groups attached to an aromatic ring is 1. The van der Waals surface area contributed by atoms with E-state index in [0.717, 1.165) is 24.6 Å². The normalized spacial score (nSPS) is 10.6. The van der Waals surface area contributed by atoms with E-state index in [4.69, 9.17) is 5.73 Å². The maximum absolute atomic E-state index is 5.69. The lowest BCUT2D eigenvalue weighted by atomic mass is 10.4. The van der Waals surface area contributed by atoms with Crippen molar-refractivity contribution in [1.82, 2.24) is 24.7 Å². The molecule has 0 radical (unpaired) electrons. The van der Waals surface area contributed by atoms with Crippen molar-refractivity contribution < 1.29 is 0 Å². The lowest BCUT2D eigenvalue weighted by Crippen LogP contribution is -2.10. The molecule has 0 atom stereocenters. The van der Waals surface area contributed by atoms with Crippen molar-refractivity contribution in [2.75, 3.05) is 23.9 Å². The average Bonchev–Trinajstić information content (AvgIpc) is 2.74. The van der Waals surface area contributed by atoms with Crippen molar-refractivity contribution in [3.05, 3.63) is 18.2 Å². The number of anilines is 2. The van der Waals surface area contributed by atoms with Gasteiger partial charge in [0.15, 0.2) is 5.16 Å². The molecule has 0 saturated heterocycles. The summed E-state index contributed by atoms with van der Waals surface area (Å²) in [4.78, 5) is 8.40. The van der Waals surface area contributed by atoms with E-state index in [2.05, 4.69) is 25.5 Å². The highest BCUT2D eigenvalue weighted by Crippen LogP contribution is 2.14. The highest BCUT2D eigenvalue weighted by molar-refractivity contribution is 7.98. The third-order valence-electron chi connectivity index (χ3n) is 2.37. The van der Waals surface area contributed by atoms with Crippen LogP contribution in [0.15, 0.2) is 17.6 Å². The summed E-state index contributed by atoms with van der Waals surface area (Å²) in [5, 5.41) is 11.7. The van der Waals surface area contributed by atoms with Crippen molar-refractivity contribution in [3.8, 4) is 0 Å². The Morgan fingerprint density at radius 1 is 1.44 bits per heavy atom. The fourth-order valence-electron chi connectivity index (χ4n) is 1.46. The number of nitrogens with two attached hydrogens (primary N) is 1. The molecule has 7 nitrogen and oxygen atoms in total. The van der Waals surface area contributed by atoms with Gasteiger partial charge in [0.05, 0.1) is 0 Å². The molecule has 0 aromatic carbocycles. The highest BCUT2D eigenvalue weighted by atomic mass is 32.2. The highest BCUT2D eigenvalue weighted by Gasteiger charge is 2.03. The molecule has 0 aliphatic rings. The van der Waals surface area contributed by atoms with Gasteiger partial charge in [-0.05, 0) is 6.26 Å². The van der Waals surface area contributed by atoms with Gasteiger partial charge >= 0.3 is 0 Å². The molecule has 2 aromatic heterocycles. The summed E-state index contributed by atoms with van der Waals surface area (Å²) in [5.74, 6) is 2.12. The minimum Gasteiger partial charge on any atom is -0.383 e. The zero-order valence-electron chi connectivity index (χ0n) is 10.3. The van der Waals surface area contributed by atoms with Crippen LogP contribution in [0, 0.1) is 0 Å². The lowest BCUT2D eigenvalue weighted by Gasteiger charge is -2.07. The van der Waals surface area contributed by atoms with E-state index in [-0.39, 0.29) is 0 Å². The number of aryl methyl sites for hydroxylation is 1. The molecule has 2 aromatic rings. The van der Waals surface area contributed by atoms with Gasteiger partial charge in [0.25, 0.3) is 0 Å². The first kappa shape index (κ1) is 12.6. The smallest absolute Gasteiger partial charge is 0.191 e. The van der Waals surface area contributed by atoms with E-state index in [9.17, 15) is 0 Å². The lowest BCUT2D eigenvalue weighted by molar-refractivity contribution is 0.786. The number of nitrogens with one attached hydrogen (secondary N) is 1. The van der Waals surface area contributed by atoms with Crippen LogP contribution in [-0.4, -0.2) is 37.5 Å². The SMILES string of the molecule is CSc1nc(N)cc(NCCc2nncn2C)n1. The first-order chi connectivity index (χ1) is 8.69. The standard InChI is InChI=1S/C10H15N7S/c1-17-6-13-16-9(17)3-4-12-8-5-7(11)14-10(15-8)18-2/h5-6H,3-4H2,1-2H3,(H3,11,12,14,15). The molecule has 0 spiro atoms. The maximum atomic E-state index is 5.69. The Morgan fingerprint density at radius 2 is 2.28 bits per heavy atom. The van der Waals surface area contributed by atoms with Crippen LogP contribution in [0.2, 0.25) is 0 Å². The molecule has 0 unspecified atom stereocenters. The van der Waals surface area contributed by atoms with E-state index in [1.165, 1.54) is 11.8 Å². The summed E-state index contributed by atoms with van der Waals surface area (Å²) < 4.78 is 1.89. The van der Waals surface area contributed by atoms with Crippen molar-refractivity contribution in [2.24, 2.45) is 7.05 Å². The van der Waals surface area contributed by atoms with Crippen LogP contribution in [-0.2, 0) is 13.5 Å². The monoisotopic (exact) mass is 265 g/mol. The predicted octanol–water partition coefficient (Wildman–Crippen LogP) is 0.564. The molecule has 0 amide bonds. The minimum atomic E-state index is 0.468. The molecular formula is C10H15N7S. The topological polar surface area (TPSA) is 94.5 Å². The molecule has 0 saturated carbocycles. The van der Waals surface area contributed by atoms with Crippen molar-refractivity contribution in [2.45, 2.75) is 11.6 Å². The van der Waals surface area contributed by atoms with Gasteiger partial charge < -0.3 is 15.6 Å². The molecule has 8 heteroatoms. The van der Waals surface area contributed by atoms with Gasteiger partial charge in [-0.1, -0.05) is 11.8 Å². The van der Waals surface area contributed by atoms with Crippen LogP contribution in [0.5, 0.6) is 0 Å². The van der Waals surface area contributed by atoms with E-state index >= 15 is 0 Å². The van der Waals surface area contributed by atoms with Crippen LogP contribution >= 0.6 is 11.8 Å². The fourth-order valence-corrected chi connectivity index (χ4v) is 1.85. The van der Waals surface area contributed by atoms with Crippen LogP contribution < -0.4 is 11.1 Å². The zero-order valence-corrected chi connectivity index (χ0v) is 11.1. The third-order valence-corrected chi connectivity index (χ3v) is 2.92. The van der Waals surface area contributed by atoms with Crippen molar-refractivity contribution in [3.63, 3.8) is 0 Å². The van der Waals surface area contributed by atoms with Crippen molar-refractivity contribution in [1.29, 1.82) is 0 Å². The molecular weight excluding hydrogens is 250 g/mol. The number of aromatic nitrogens is 5. The molecule has 0 aliphatic heterocycles. The summed E-state index contributed by atoms with van der Waals surface area (Å²) in [5.41, 5.74) is 5.69. The Morgan fingerprint density at radius 3 is 2.94 bits per heavy atom. The number of thioether (sulfide) groups is 1. The molecule has 96 valence electrons. The number of nitrogens with zero attached hydrogens (tertiary/aromatic N) is 5. The fraction of sp³-hybridized carbons (Fsp3) is 0.400. The summed E-state index contributed by atoms with van der Waals surface area (Å²) >= 11 is 1.46. The van der Waals surface area contributed by atoms with E-state index in [1.807, 2.05) is 17.9 Å². The van der Waals surface area contributed by atoms with Gasteiger partial charge in [-0.3, -0.25) is 0 Å². The Bertz CT molecular complexity index is 525. The molecule has 0 bridgehead atoms. The van der Waals surface area contributed by atoms with Crippen LogP contribution in [0.25, 0.3) is 0 Å². The molecule has 18 heavy (non-hydrogen) atoms. The second-order valence-corrected chi connectivity index (χ2v) is 4.47. The summed E-state index contributed by atoms with van der Waals surface area (Å²) in [6, 6.07) is 1.72. The van der Waals surface area contributed by atoms with E-state index in [0.29, 0.717) is 11.0 Å². The Labute approximate surface area is 109 Å². The van der Waals surface area contributed by atoms with Gasteiger partial charge in [0.1, 0.15) is 23.8 Å². The Hall–Kier alpha value is -1.83. The van der Waals surface area contributed by atoms with Gasteiger partial charge in [-0.2, -0.15) is 0 Å². The number of hydrogen-bond acceptors (Lipinski definition) is 7. The quantitative estimate of drug-likeness (QED) is 0.602. The number of hydrogen-bond donors (Lipinski definition) is 2. The minimum absolute atomic E-state index is 0.468. The van der Waals surface area contributed by atoms with Crippen LogP contribution in [0.4, 0.5) is 11.6 Å². The van der Waals surface area contributed by atoms with Crippen molar-refractivity contribution >= 4 is 23.4 Å². The Kier molecular flexibility index (Phi) is 3.98. The second kappa shape index (κ2) is 5.67. The van der Waals surface area contributed by atoms with Gasteiger partial charge in [-0.15, -0.1) is 10.2 Å². The van der Waals surface area contributed by atoms with Gasteiger partial charge in [0, 0.05) is 26.1 Å². The second-order valence-electron chi connectivity index (χ2n) is 3.70. The van der Waals surface area contributed by atoms with Gasteiger partial charge in [0.2, 0.25) is 0 Å². The first-order valence-electron chi connectivity index (χ1n) is 5.44. The molecule has 0 fully saturated rings. The van der Waals surface area contributed by atoms with Crippen LogP contribution in [0.1, 0.15) is 5.82 Å². The third kappa shape index (κ3) is 3.10. The average molecular weight is 265 g/mol. The zero-order chi connectivity index (χ0) is 13.0. The Balaban J connectivity index is 1.94. The van der Waals surface area contributed by atoms with E-state index in [1.54, 1.807) is 12.4 Å². The molecule has 2 rings (SSSR count). The summed E-state index contributed by atoms with van der Waals surface area (Å²) in [7, 11) is 1.92. The summed E-state index contributed by atoms with van der Waals surface area (Å²) in [6.07, 6.45) is 4.37.